The molecular weight excluding hydrogens is 246 g/mol. The number of nitrogens with one attached hydrogen (secondary N) is 1. The summed E-state index contributed by atoms with van der Waals surface area (Å²) in [6, 6.07) is 3.89. The number of H-pyrrole nitrogens is 1. The number of hydrogen-bond acceptors (Lipinski definition) is 5. The van der Waals surface area contributed by atoms with Crippen LogP contribution in [0.3, 0.4) is 0 Å². The van der Waals surface area contributed by atoms with Gasteiger partial charge in [0.05, 0.1) is 6.10 Å². The maximum atomic E-state index is 9.87. The van der Waals surface area contributed by atoms with Gasteiger partial charge < -0.3 is 30.2 Å². The van der Waals surface area contributed by atoms with Gasteiger partial charge in [0.1, 0.15) is 18.3 Å². The van der Waals surface area contributed by atoms with Crippen LogP contribution in [0.5, 0.6) is 0 Å². The van der Waals surface area contributed by atoms with Crippen LogP contribution in [-0.2, 0) is 4.79 Å². The average Bonchev–Trinajstić information content (AvgIpc) is 2.84. The summed E-state index contributed by atoms with van der Waals surface area (Å²) in [6.45, 7) is 1.24. The lowest BCUT2D eigenvalue weighted by Gasteiger charge is -2.21. The van der Waals surface area contributed by atoms with Crippen LogP contribution >= 0.6 is 13.5 Å². The Balaban J connectivity index is 0. The minimum atomic E-state index is -1.65. The highest BCUT2D eigenvalue weighted by Gasteiger charge is 2.27. The van der Waals surface area contributed by atoms with Gasteiger partial charge >= 0.3 is 0 Å². The van der Waals surface area contributed by atoms with Crippen LogP contribution in [-0.4, -0.2) is 56.1 Å². The molecule has 0 fully saturated rings. The van der Waals surface area contributed by atoms with Crippen molar-refractivity contribution in [1.29, 1.82) is 0 Å². The fourth-order valence-corrected chi connectivity index (χ4v) is 0.846. The summed E-state index contributed by atoms with van der Waals surface area (Å²) in [6.07, 6.45) is -2.13. The van der Waals surface area contributed by atoms with Gasteiger partial charge in [0.15, 0.2) is 6.29 Å². The Labute approximate surface area is 106 Å². The molecule has 0 saturated carbocycles. The molecule has 0 saturated heterocycles. The second-order valence-electron chi connectivity index (χ2n) is 3.23. The van der Waals surface area contributed by atoms with E-state index in [9.17, 15) is 4.79 Å². The molecule has 0 aliphatic rings. The lowest BCUT2D eigenvalue weighted by Crippen LogP contribution is -2.43. The molecule has 1 rings (SSSR count). The molecule has 17 heavy (non-hydrogen) atoms. The van der Waals surface area contributed by atoms with E-state index in [-0.39, 0.29) is 19.8 Å². The highest BCUT2D eigenvalue weighted by Crippen LogP contribution is 2.02. The van der Waals surface area contributed by atoms with Gasteiger partial charge in [0.2, 0.25) is 0 Å². The Kier molecular flexibility index (Phi) is 11.2. The van der Waals surface area contributed by atoms with E-state index in [0.717, 1.165) is 0 Å². The Morgan fingerprint density at radius 1 is 1.06 bits per heavy atom. The summed E-state index contributed by atoms with van der Waals surface area (Å²) in [7, 11) is 0. The van der Waals surface area contributed by atoms with Crippen LogP contribution in [0, 0.1) is 0 Å². The molecule has 0 aliphatic heterocycles. The lowest BCUT2D eigenvalue weighted by molar-refractivity contribution is -0.132. The van der Waals surface area contributed by atoms with Crippen molar-refractivity contribution in [3.8, 4) is 0 Å². The zero-order chi connectivity index (χ0) is 12.6. The summed E-state index contributed by atoms with van der Waals surface area (Å²) >= 11 is 0. The first kappa shape index (κ1) is 18.5. The van der Waals surface area contributed by atoms with Gasteiger partial charge in [0, 0.05) is 12.4 Å². The summed E-state index contributed by atoms with van der Waals surface area (Å²) < 4.78 is 0. The number of aromatic amines is 1. The molecule has 0 bridgehead atoms. The van der Waals surface area contributed by atoms with Crippen molar-refractivity contribution in [2.24, 2.45) is 0 Å². The molecule has 5 N–H and O–H groups in total. The Hall–Kier alpha value is -0.860. The third-order valence-corrected chi connectivity index (χ3v) is 1.83. The second kappa shape index (κ2) is 10.3. The zero-order valence-electron chi connectivity index (χ0n) is 9.39. The molecule has 0 radical (unpaired) electrons. The standard InChI is InChI=1S/C6H12O5.C4H5N.H2S/c1-3(8)5(10)6(11)4(9)2-7;1-2-4-5-3-1;/h2-6,8-11H,1H3;1-5H;1H2. The summed E-state index contributed by atoms with van der Waals surface area (Å²) in [5, 5.41) is 35.1. The van der Waals surface area contributed by atoms with Gasteiger partial charge in [-0.05, 0) is 19.1 Å². The Morgan fingerprint density at radius 2 is 1.53 bits per heavy atom. The normalized spacial score (nSPS) is 16.5. The number of aldehydes is 1. The fourth-order valence-electron chi connectivity index (χ4n) is 0.846. The van der Waals surface area contributed by atoms with E-state index in [1.807, 2.05) is 24.5 Å². The van der Waals surface area contributed by atoms with Gasteiger partial charge in [-0.15, -0.1) is 0 Å². The minimum Gasteiger partial charge on any atom is -0.391 e. The van der Waals surface area contributed by atoms with Crippen molar-refractivity contribution >= 4 is 19.8 Å². The van der Waals surface area contributed by atoms with Crippen LogP contribution in [0.15, 0.2) is 24.5 Å². The first-order valence-electron chi connectivity index (χ1n) is 4.76. The smallest absolute Gasteiger partial charge is 0.151 e. The SMILES string of the molecule is CC(O)C(O)C(O)C(O)C=O.S.c1cc[nH]c1. The van der Waals surface area contributed by atoms with E-state index in [4.69, 9.17) is 20.4 Å². The van der Waals surface area contributed by atoms with Crippen LogP contribution < -0.4 is 0 Å². The molecule has 0 spiro atoms. The minimum absolute atomic E-state index is 0. The maximum Gasteiger partial charge on any atom is 0.151 e. The molecule has 100 valence electrons. The second-order valence-corrected chi connectivity index (χ2v) is 3.23. The van der Waals surface area contributed by atoms with E-state index >= 15 is 0 Å². The van der Waals surface area contributed by atoms with Crippen molar-refractivity contribution in [1.82, 2.24) is 4.98 Å². The Bertz CT molecular complexity index is 250. The topological polar surface area (TPSA) is 114 Å². The van der Waals surface area contributed by atoms with Gasteiger partial charge in [-0.25, -0.2) is 0 Å². The molecule has 6 nitrogen and oxygen atoms in total. The fraction of sp³-hybridized carbons (Fsp3) is 0.500. The van der Waals surface area contributed by atoms with Gasteiger partial charge in [0.25, 0.3) is 0 Å². The molecule has 0 aromatic carbocycles. The van der Waals surface area contributed by atoms with Crippen LogP contribution in [0.1, 0.15) is 6.92 Å². The predicted octanol–water partition coefficient (Wildman–Crippen LogP) is -1.22. The van der Waals surface area contributed by atoms with Crippen molar-refractivity contribution in [3.63, 3.8) is 0 Å². The summed E-state index contributed by atoms with van der Waals surface area (Å²) in [5.74, 6) is 0. The number of aliphatic hydroxyl groups excluding tert-OH is 4. The van der Waals surface area contributed by atoms with E-state index in [1.165, 1.54) is 6.92 Å². The van der Waals surface area contributed by atoms with Crippen molar-refractivity contribution in [2.45, 2.75) is 31.3 Å². The number of aromatic nitrogens is 1. The van der Waals surface area contributed by atoms with Crippen LogP contribution in [0.25, 0.3) is 0 Å². The van der Waals surface area contributed by atoms with Crippen LogP contribution in [0.4, 0.5) is 0 Å². The van der Waals surface area contributed by atoms with Crippen molar-refractivity contribution < 1.29 is 25.2 Å². The molecule has 1 heterocycles. The van der Waals surface area contributed by atoms with Crippen molar-refractivity contribution in [3.05, 3.63) is 24.5 Å². The molecule has 1 aromatic heterocycles. The third-order valence-electron chi connectivity index (χ3n) is 1.83. The van der Waals surface area contributed by atoms with E-state index in [2.05, 4.69) is 4.98 Å². The highest BCUT2D eigenvalue weighted by atomic mass is 32.1. The first-order chi connectivity index (χ1) is 7.50. The molecule has 4 unspecified atom stereocenters. The molecule has 7 heteroatoms. The quantitative estimate of drug-likeness (QED) is 0.438. The first-order valence-corrected chi connectivity index (χ1v) is 4.76. The molecule has 0 amide bonds. The summed E-state index contributed by atoms with van der Waals surface area (Å²) in [5.41, 5.74) is 0. The lowest BCUT2D eigenvalue weighted by atomic mass is 10.1. The van der Waals surface area contributed by atoms with Gasteiger partial charge in [-0.1, -0.05) is 0 Å². The highest BCUT2D eigenvalue weighted by molar-refractivity contribution is 7.59. The molecule has 0 aliphatic carbocycles. The van der Waals surface area contributed by atoms with E-state index in [0.29, 0.717) is 0 Å². The predicted molar refractivity (Wildman–Crippen MR) is 66.9 cm³/mol. The molecule has 4 atom stereocenters. The van der Waals surface area contributed by atoms with Crippen molar-refractivity contribution in [2.75, 3.05) is 0 Å². The third kappa shape index (κ3) is 7.94. The average molecular weight is 265 g/mol. The monoisotopic (exact) mass is 265 g/mol. The Morgan fingerprint density at radius 3 is 1.76 bits per heavy atom. The number of hydrogen-bond donors (Lipinski definition) is 5. The van der Waals surface area contributed by atoms with Crippen LogP contribution in [0.2, 0.25) is 0 Å². The zero-order valence-corrected chi connectivity index (χ0v) is 10.4. The molecule has 1 aromatic rings. The number of carbonyl (C=O) groups excluding carboxylic acids is 1. The van der Waals surface area contributed by atoms with Gasteiger partial charge in [-0.2, -0.15) is 13.5 Å². The number of rotatable bonds is 4. The summed E-state index contributed by atoms with van der Waals surface area (Å²) in [4.78, 5) is 12.7. The maximum absolute atomic E-state index is 9.87. The largest absolute Gasteiger partial charge is 0.391 e. The molecular formula is C10H19NO5S. The number of carbonyl (C=O) groups is 1. The van der Waals surface area contributed by atoms with E-state index in [1.54, 1.807) is 0 Å². The van der Waals surface area contributed by atoms with E-state index < -0.39 is 24.4 Å². The number of aliphatic hydroxyl groups is 4. The van der Waals surface area contributed by atoms with Gasteiger partial charge in [-0.3, -0.25) is 0 Å².